The van der Waals surface area contributed by atoms with Crippen molar-refractivity contribution in [2.75, 3.05) is 13.1 Å². The van der Waals surface area contributed by atoms with E-state index < -0.39 is 12.1 Å². The van der Waals surface area contributed by atoms with Gasteiger partial charge in [0.1, 0.15) is 5.82 Å². The minimum Gasteiger partial charge on any atom is -0.475 e. The Balaban J connectivity index is 0.000000277. The first-order chi connectivity index (χ1) is 11.8. The molecule has 0 amide bonds. The molecule has 0 saturated heterocycles. The number of aromatic nitrogens is 3. The molecule has 1 aliphatic rings. The summed E-state index contributed by atoms with van der Waals surface area (Å²) < 4.78 is 31.7. The van der Waals surface area contributed by atoms with Gasteiger partial charge in [-0.15, -0.1) is 11.3 Å². The Kier molecular flexibility index (Phi) is 6.54. The number of fused-ring (bicyclic) bond motifs is 1. The Labute approximate surface area is 146 Å². The molecule has 0 saturated carbocycles. The predicted octanol–water partition coefficient (Wildman–Crippen LogP) is 2.80. The van der Waals surface area contributed by atoms with Crippen LogP contribution in [-0.2, 0) is 24.2 Å². The maximum absolute atomic E-state index is 10.6. The van der Waals surface area contributed by atoms with E-state index in [2.05, 4.69) is 31.5 Å². The number of thiophene rings is 1. The number of carbonyl (C=O) groups is 1. The molecule has 2 aromatic heterocycles. The number of aryl methyl sites for hydroxylation is 2. The molecule has 0 fully saturated rings. The van der Waals surface area contributed by atoms with Crippen molar-refractivity contribution in [2.24, 2.45) is 0 Å². The first-order valence-electron chi connectivity index (χ1n) is 7.71. The van der Waals surface area contributed by atoms with Crippen molar-refractivity contribution in [2.45, 2.75) is 38.9 Å². The zero-order valence-corrected chi connectivity index (χ0v) is 14.5. The van der Waals surface area contributed by atoms with Crippen LogP contribution in [0.4, 0.5) is 13.2 Å². The minimum absolute atomic E-state index is 0.908. The van der Waals surface area contributed by atoms with E-state index in [0.29, 0.717) is 0 Å². The van der Waals surface area contributed by atoms with Crippen LogP contribution in [0.3, 0.4) is 0 Å². The van der Waals surface area contributed by atoms with Gasteiger partial charge in [-0.05, 0) is 43.3 Å². The molecule has 3 rings (SSSR count). The summed E-state index contributed by atoms with van der Waals surface area (Å²) in [7, 11) is 0. The molecule has 3 heterocycles. The van der Waals surface area contributed by atoms with Crippen molar-refractivity contribution in [3.05, 3.63) is 33.5 Å². The molecule has 0 bridgehead atoms. The number of aliphatic carboxylic acids is 1. The van der Waals surface area contributed by atoms with Crippen molar-refractivity contribution >= 4 is 17.3 Å². The zero-order valence-electron chi connectivity index (χ0n) is 13.6. The lowest BCUT2D eigenvalue weighted by Crippen LogP contribution is -2.30. The third-order valence-corrected chi connectivity index (χ3v) is 4.67. The van der Waals surface area contributed by atoms with Gasteiger partial charge in [0.05, 0.1) is 0 Å². The fourth-order valence-corrected chi connectivity index (χ4v) is 3.35. The van der Waals surface area contributed by atoms with Gasteiger partial charge >= 0.3 is 12.1 Å². The van der Waals surface area contributed by atoms with E-state index in [1.807, 2.05) is 18.3 Å². The molecule has 10 heteroatoms. The molecule has 25 heavy (non-hydrogen) atoms. The number of rotatable bonds is 4. The highest BCUT2D eigenvalue weighted by molar-refractivity contribution is 7.10. The first-order valence-corrected chi connectivity index (χ1v) is 8.59. The molecular formula is C15H19F3N4O2S. The number of aromatic amines is 1. The van der Waals surface area contributed by atoms with Crippen LogP contribution < -0.4 is 0 Å². The van der Waals surface area contributed by atoms with Gasteiger partial charge in [0.25, 0.3) is 0 Å². The second kappa shape index (κ2) is 8.43. The summed E-state index contributed by atoms with van der Waals surface area (Å²) in [5.41, 5.74) is 1.53. The van der Waals surface area contributed by atoms with Crippen molar-refractivity contribution in [3.63, 3.8) is 0 Å². The van der Waals surface area contributed by atoms with Gasteiger partial charge in [0.2, 0.25) is 0 Å². The Morgan fingerprint density at radius 3 is 2.80 bits per heavy atom. The van der Waals surface area contributed by atoms with Crippen LogP contribution in [0.25, 0.3) is 0 Å². The molecule has 1 aliphatic heterocycles. The summed E-state index contributed by atoms with van der Waals surface area (Å²) in [6.07, 6.45) is -1.76. The number of nitrogens with one attached hydrogen (secondary N) is 1. The van der Waals surface area contributed by atoms with Crippen molar-refractivity contribution < 1.29 is 23.1 Å². The van der Waals surface area contributed by atoms with Gasteiger partial charge in [0, 0.05) is 24.4 Å². The van der Waals surface area contributed by atoms with Gasteiger partial charge in [-0.2, -0.15) is 18.3 Å². The average Bonchev–Trinajstić information content (AvgIpc) is 3.15. The van der Waals surface area contributed by atoms with Gasteiger partial charge < -0.3 is 5.11 Å². The topological polar surface area (TPSA) is 82.1 Å². The van der Waals surface area contributed by atoms with Gasteiger partial charge in [-0.3, -0.25) is 10.00 Å². The quantitative estimate of drug-likeness (QED) is 0.858. The van der Waals surface area contributed by atoms with E-state index in [0.717, 1.165) is 37.6 Å². The molecule has 2 N–H and O–H groups in total. The third-order valence-electron chi connectivity index (χ3n) is 3.65. The maximum atomic E-state index is 10.6. The molecule has 0 unspecified atom stereocenters. The Morgan fingerprint density at radius 1 is 1.48 bits per heavy atom. The summed E-state index contributed by atoms with van der Waals surface area (Å²) in [6, 6.07) is 2.27. The highest BCUT2D eigenvalue weighted by Crippen LogP contribution is 2.23. The summed E-state index contributed by atoms with van der Waals surface area (Å²) in [5, 5.41) is 16.4. The first kappa shape index (κ1) is 19.4. The molecular weight excluding hydrogens is 357 g/mol. The van der Waals surface area contributed by atoms with E-state index in [1.165, 1.54) is 18.5 Å². The summed E-state index contributed by atoms with van der Waals surface area (Å²) in [4.78, 5) is 17.3. The van der Waals surface area contributed by atoms with E-state index in [-0.39, 0.29) is 0 Å². The average molecular weight is 376 g/mol. The minimum atomic E-state index is -5.08. The number of hydrogen-bond donors (Lipinski definition) is 2. The Hall–Kier alpha value is -1.94. The van der Waals surface area contributed by atoms with Crippen LogP contribution in [0.1, 0.15) is 28.5 Å². The third kappa shape index (κ3) is 6.13. The summed E-state index contributed by atoms with van der Waals surface area (Å²) in [6.45, 7) is 5.40. The molecule has 138 valence electrons. The van der Waals surface area contributed by atoms with E-state index in [1.54, 1.807) is 4.88 Å². The van der Waals surface area contributed by atoms with Crippen LogP contribution in [0.2, 0.25) is 0 Å². The molecule has 0 spiro atoms. The molecule has 0 aliphatic carbocycles. The van der Waals surface area contributed by atoms with E-state index >= 15 is 0 Å². The largest absolute Gasteiger partial charge is 0.490 e. The van der Waals surface area contributed by atoms with Crippen molar-refractivity contribution in [1.29, 1.82) is 0 Å². The van der Waals surface area contributed by atoms with Gasteiger partial charge in [-0.1, -0.05) is 0 Å². The second-order valence-electron chi connectivity index (χ2n) is 5.64. The smallest absolute Gasteiger partial charge is 0.475 e. The van der Waals surface area contributed by atoms with Crippen LogP contribution in [-0.4, -0.2) is 50.4 Å². The second-order valence-corrected chi connectivity index (χ2v) is 6.64. The fraction of sp³-hybridized carbons (Fsp3) is 0.533. The van der Waals surface area contributed by atoms with Crippen LogP contribution >= 0.6 is 11.3 Å². The predicted molar refractivity (Wildman–Crippen MR) is 86.4 cm³/mol. The normalized spacial score (nSPS) is 14.6. The summed E-state index contributed by atoms with van der Waals surface area (Å²) in [5.74, 6) is -0.904. The summed E-state index contributed by atoms with van der Waals surface area (Å²) >= 11 is 1.90. The molecule has 0 aromatic carbocycles. The zero-order chi connectivity index (χ0) is 18.4. The van der Waals surface area contributed by atoms with E-state index in [9.17, 15) is 13.2 Å². The van der Waals surface area contributed by atoms with Gasteiger partial charge in [-0.25, -0.2) is 9.78 Å². The molecule has 2 aromatic rings. The van der Waals surface area contributed by atoms with Crippen LogP contribution in [0.15, 0.2) is 11.4 Å². The standard InChI is InChI=1S/C13H18N4S.C2HF3O2/c1-10-14-13(16-15-10)3-2-6-17-7-4-12-11(9-17)5-8-18-12;3-2(4,5)1(6)7/h5,8H,2-4,6-7,9H2,1H3,(H,14,15,16);(H,6,7). The number of nitrogens with zero attached hydrogens (tertiary/aromatic N) is 3. The monoisotopic (exact) mass is 376 g/mol. The van der Waals surface area contributed by atoms with Crippen molar-refractivity contribution in [1.82, 2.24) is 20.1 Å². The van der Waals surface area contributed by atoms with Crippen molar-refractivity contribution in [3.8, 4) is 0 Å². The number of carboxylic acid groups (broad SMARTS) is 1. The lowest BCUT2D eigenvalue weighted by Gasteiger charge is -2.26. The fourth-order valence-electron chi connectivity index (χ4n) is 2.46. The molecule has 0 radical (unpaired) electrons. The number of H-pyrrole nitrogens is 1. The van der Waals surface area contributed by atoms with Gasteiger partial charge in [0.15, 0.2) is 5.82 Å². The number of carboxylic acids is 1. The van der Waals surface area contributed by atoms with Crippen LogP contribution in [0.5, 0.6) is 0 Å². The Morgan fingerprint density at radius 2 is 2.20 bits per heavy atom. The lowest BCUT2D eigenvalue weighted by atomic mass is 10.1. The lowest BCUT2D eigenvalue weighted by molar-refractivity contribution is -0.192. The van der Waals surface area contributed by atoms with E-state index in [4.69, 9.17) is 9.90 Å². The number of hydrogen-bond acceptors (Lipinski definition) is 5. The SMILES string of the molecule is Cc1nc(CCCN2CCc3sccc3C2)n[nH]1.O=C(O)C(F)(F)F. The highest BCUT2D eigenvalue weighted by atomic mass is 32.1. The number of alkyl halides is 3. The Bertz CT molecular complexity index is 699. The number of halogens is 3. The maximum Gasteiger partial charge on any atom is 0.490 e. The molecule has 0 atom stereocenters. The highest BCUT2D eigenvalue weighted by Gasteiger charge is 2.38. The molecule has 6 nitrogen and oxygen atoms in total. The van der Waals surface area contributed by atoms with Crippen LogP contribution in [0, 0.1) is 6.92 Å².